The van der Waals surface area contributed by atoms with Gasteiger partial charge in [-0.15, -0.1) is 0 Å². The minimum atomic E-state index is -0.309. The zero-order valence-corrected chi connectivity index (χ0v) is 18.8. The van der Waals surface area contributed by atoms with E-state index in [1.165, 1.54) is 0 Å². The van der Waals surface area contributed by atoms with Crippen molar-refractivity contribution >= 4 is 28.4 Å². The number of aromatic amines is 2. The number of hydrogen-bond acceptors (Lipinski definition) is 3. The summed E-state index contributed by atoms with van der Waals surface area (Å²) >= 11 is 6.67. The fourth-order valence-corrected chi connectivity index (χ4v) is 5.12. The van der Waals surface area contributed by atoms with Crippen LogP contribution in [0.2, 0.25) is 5.02 Å². The van der Waals surface area contributed by atoms with E-state index in [1.807, 2.05) is 35.4 Å². The molecule has 1 aliphatic carbocycles. The SMILES string of the molecule is O=C(C1CC1)N1CC[C@@H](Cc2n[nH]c(=O)n2-c2ccc(-c3ccc4cc[nH]c4c3)cc2Cl)C1. The molecular formula is C25H24ClN5O2. The second kappa shape index (κ2) is 7.92. The highest BCUT2D eigenvalue weighted by Crippen LogP contribution is 2.34. The molecule has 2 aromatic heterocycles. The van der Waals surface area contributed by atoms with Gasteiger partial charge in [-0.1, -0.05) is 29.8 Å². The third-order valence-corrected chi connectivity index (χ3v) is 7.12. The molecule has 1 amide bonds. The molecule has 0 spiro atoms. The number of amides is 1. The number of halogens is 1. The van der Waals surface area contributed by atoms with Gasteiger partial charge >= 0.3 is 5.69 Å². The van der Waals surface area contributed by atoms with Gasteiger partial charge in [0.25, 0.3) is 0 Å². The van der Waals surface area contributed by atoms with Crippen molar-refractivity contribution in [3.8, 4) is 16.8 Å². The van der Waals surface area contributed by atoms with Crippen LogP contribution in [0.1, 0.15) is 25.1 Å². The number of fused-ring (bicyclic) bond motifs is 1. The van der Waals surface area contributed by atoms with E-state index in [9.17, 15) is 9.59 Å². The molecule has 0 bridgehead atoms. The van der Waals surface area contributed by atoms with Crippen LogP contribution < -0.4 is 5.69 Å². The highest BCUT2D eigenvalue weighted by Gasteiger charge is 2.37. The summed E-state index contributed by atoms with van der Waals surface area (Å²) in [5.41, 5.74) is 3.38. The molecule has 2 aliphatic rings. The Balaban J connectivity index is 1.26. The lowest BCUT2D eigenvalue weighted by Crippen LogP contribution is -2.30. The molecule has 2 fully saturated rings. The predicted octanol–water partition coefficient (Wildman–Crippen LogP) is 4.16. The molecule has 2 aromatic carbocycles. The van der Waals surface area contributed by atoms with Crippen molar-refractivity contribution < 1.29 is 4.79 Å². The van der Waals surface area contributed by atoms with Gasteiger partial charge in [-0.3, -0.25) is 4.79 Å². The first kappa shape index (κ1) is 20.3. The van der Waals surface area contributed by atoms with Crippen molar-refractivity contribution in [1.29, 1.82) is 0 Å². The van der Waals surface area contributed by atoms with Gasteiger partial charge in [0, 0.05) is 37.1 Å². The van der Waals surface area contributed by atoms with Crippen molar-refractivity contribution in [2.24, 2.45) is 11.8 Å². The van der Waals surface area contributed by atoms with E-state index in [4.69, 9.17) is 11.6 Å². The molecule has 1 saturated carbocycles. The Morgan fingerprint density at radius 2 is 1.91 bits per heavy atom. The average Bonchev–Trinajstić information content (AvgIpc) is 3.21. The Morgan fingerprint density at radius 1 is 1.09 bits per heavy atom. The van der Waals surface area contributed by atoms with Gasteiger partial charge < -0.3 is 9.88 Å². The Kier molecular flexibility index (Phi) is 4.87. The Morgan fingerprint density at radius 3 is 2.73 bits per heavy atom. The fraction of sp³-hybridized carbons (Fsp3) is 0.320. The summed E-state index contributed by atoms with van der Waals surface area (Å²) in [6.07, 6.45) is 5.50. The molecule has 7 nitrogen and oxygen atoms in total. The summed E-state index contributed by atoms with van der Waals surface area (Å²) in [6.45, 7) is 1.51. The van der Waals surface area contributed by atoms with Gasteiger partial charge in [0.2, 0.25) is 5.91 Å². The lowest BCUT2D eigenvalue weighted by molar-refractivity contribution is -0.131. The first-order valence-electron chi connectivity index (χ1n) is 11.4. The van der Waals surface area contributed by atoms with E-state index >= 15 is 0 Å². The zero-order valence-electron chi connectivity index (χ0n) is 18.1. The largest absolute Gasteiger partial charge is 0.361 e. The van der Waals surface area contributed by atoms with Gasteiger partial charge in [0.1, 0.15) is 5.82 Å². The molecule has 8 heteroatoms. The van der Waals surface area contributed by atoms with E-state index in [-0.39, 0.29) is 23.4 Å². The maximum absolute atomic E-state index is 12.6. The van der Waals surface area contributed by atoms with Gasteiger partial charge in [-0.2, -0.15) is 5.10 Å². The molecule has 6 rings (SSSR count). The van der Waals surface area contributed by atoms with Crippen molar-refractivity contribution in [3.63, 3.8) is 0 Å². The average molecular weight is 462 g/mol. The number of carbonyl (C=O) groups excluding carboxylic acids is 1. The van der Waals surface area contributed by atoms with Crippen molar-refractivity contribution in [2.75, 3.05) is 13.1 Å². The topological polar surface area (TPSA) is 86.8 Å². The highest BCUT2D eigenvalue weighted by molar-refractivity contribution is 6.32. The lowest BCUT2D eigenvalue weighted by Gasteiger charge is -2.16. The molecule has 1 saturated heterocycles. The molecule has 2 N–H and O–H groups in total. The summed E-state index contributed by atoms with van der Waals surface area (Å²) in [6, 6.07) is 14.0. The number of hydrogen-bond donors (Lipinski definition) is 2. The van der Waals surface area contributed by atoms with Gasteiger partial charge in [0.05, 0.1) is 10.7 Å². The summed E-state index contributed by atoms with van der Waals surface area (Å²) in [5, 5.41) is 8.50. The Hall–Kier alpha value is -3.32. The van der Waals surface area contributed by atoms with Crippen LogP contribution in [0, 0.1) is 11.8 Å². The van der Waals surface area contributed by atoms with Crippen LogP contribution in [0.15, 0.2) is 53.5 Å². The highest BCUT2D eigenvalue weighted by atomic mass is 35.5. The van der Waals surface area contributed by atoms with Crippen molar-refractivity contribution in [1.82, 2.24) is 24.6 Å². The number of nitrogens with zero attached hydrogens (tertiary/aromatic N) is 3. The van der Waals surface area contributed by atoms with E-state index in [0.717, 1.165) is 54.4 Å². The van der Waals surface area contributed by atoms with E-state index < -0.39 is 0 Å². The predicted molar refractivity (Wildman–Crippen MR) is 128 cm³/mol. The Labute approximate surface area is 195 Å². The molecule has 3 heterocycles. The number of rotatable bonds is 5. The van der Waals surface area contributed by atoms with Crippen LogP contribution in [-0.4, -0.2) is 43.6 Å². The van der Waals surface area contributed by atoms with Crippen molar-refractivity contribution in [2.45, 2.75) is 25.7 Å². The standard InChI is InChI=1S/C25H24ClN5O2/c26-20-12-18(19-4-1-16-7-9-27-21(16)13-19)5-6-22(20)31-23(28-29-25(31)33)11-15-8-10-30(14-15)24(32)17-2-3-17/h1,4-7,9,12-13,15,17,27H,2-3,8,10-11,14H2,(H,29,33)/t15-/m0/s1. The van der Waals surface area contributed by atoms with Gasteiger partial charge in [0.15, 0.2) is 0 Å². The summed E-state index contributed by atoms with van der Waals surface area (Å²) < 4.78 is 1.56. The smallest absolute Gasteiger partial charge is 0.347 e. The second-order valence-electron chi connectivity index (χ2n) is 9.14. The van der Waals surface area contributed by atoms with E-state index in [1.54, 1.807) is 4.57 Å². The third-order valence-electron chi connectivity index (χ3n) is 6.81. The van der Waals surface area contributed by atoms with Crippen LogP contribution in [0.4, 0.5) is 0 Å². The Bertz CT molecular complexity index is 1410. The molecule has 0 unspecified atom stereocenters. The molecular weight excluding hydrogens is 438 g/mol. The maximum Gasteiger partial charge on any atom is 0.347 e. The van der Waals surface area contributed by atoms with Crippen molar-refractivity contribution in [3.05, 3.63) is 70.0 Å². The first-order chi connectivity index (χ1) is 16.1. The summed E-state index contributed by atoms with van der Waals surface area (Å²) in [4.78, 5) is 30.2. The lowest BCUT2D eigenvalue weighted by atomic mass is 10.0. The minimum absolute atomic E-state index is 0.238. The quantitative estimate of drug-likeness (QED) is 0.467. The molecule has 33 heavy (non-hydrogen) atoms. The van der Waals surface area contributed by atoms with E-state index in [2.05, 4.69) is 33.4 Å². The number of benzene rings is 2. The first-order valence-corrected chi connectivity index (χ1v) is 11.8. The number of nitrogens with one attached hydrogen (secondary N) is 2. The molecule has 0 radical (unpaired) electrons. The molecule has 1 aliphatic heterocycles. The monoisotopic (exact) mass is 461 g/mol. The number of likely N-dealkylation sites (tertiary alicyclic amines) is 1. The second-order valence-corrected chi connectivity index (χ2v) is 9.55. The van der Waals surface area contributed by atoms with Crippen LogP contribution in [-0.2, 0) is 11.2 Å². The number of carbonyl (C=O) groups is 1. The van der Waals surface area contributed by atoms with Crippen LogP contribution in [0.5, 0.6) is 0 Å². The maximum atomic E-state index is 12.6. The molecule has 1 atom stereocenters. The molecule has 168 valence electrons. The summed E-state index contributed by atoms with van der Waals surface area (Å²) in [7, 11) is 0. The van der Waals surface area contributed by atoms with Gasteiger partial charge in [-0.05, 0) is 66.0 Å². The van der Waals surface area contributed by atoms with Gasteiger partial charge in [-0.25, -0.2) is 14.5 Å². The summed E-state index contributed by atoms with van der Waals surface area (Å²) in [5.74, 6) is 1.45. The molecule has 4 aromatic rings. The third kappa shape index (κ3) is 3.76. The van der Waals surface area contributed by atoms with Crippen LogP contribution in [0.3, 0.4) is 0 Å². The number of H-pyrrole nitrogens is 2. The van der Waals surface area contributed by atoms with E-state index in [0.29, 0.717) is 23.0 Å². The normalized spacial score (nSPS) is 18.3. The van der Waals surface area contributed by atoms with Crippen LogP contribution >= 0.6 is 11.6 Å². The van der Waals surface area contributed by atoms with Crippen LogP contribution in [0.25, 0.3) is 27.7 Å². The fourth-order valence-electron chi connectivity index (χ4n) is 4.86. The number of aromatic nitrogens is 4. The minimum Gasteiger partial charge on any atom is -0.361 e. The zero-order chi connectivity index (χ0) is 22.5.